The van der Waals surface area contributed by atoms with Gasteiger partial charge in [-0.1, -0.05) is 30.3 Å². The quantitative estimate of drug-likeness (QED) is 0.558. The summed E-state index contributed by atoms with van der Waals surface area (Å²) in [4.78, 5) is 16.4. The van der Waals surface area contributed by atoms with Crippen LogP contribution in [0.25, 0.3) is 10.8 Å². The molecule has 0 saturated heterocycles. The standard InChI is InChI=1S/C19H17N3O2/c23-18-8-7-12-3-1-2-4-14(12)15(18)10-20-11-19(24)17-9-16(21-22-17)13-5-6-13/h1-4,7-10,13,23H,5-6,11H2,(H,21,22). The van der Waals surface area contributed by atoms with Crippen LogP contribution in [0.4, 0.5) is 0 Å². The lowest BCUT2D eigenvalue weighted by Crippen LogP contribution is -2.04. The number of hydrogen-bond donors (Lipinski definition) is 2. The van der Waals surface area contributed by atoms with E-state index in [2.05, 4.69) is 15.2 Å². The number of H-pyrrole nitrogens is 1. The van der Waals surface area contributed by atoms with Gasteiger partial charge in [-0.3, -0.25) is 14.9 Å². The van der Waals surface area contributed by atoms with E-state index >= 15 is 0 Å². The Hall–Kier alpha value is -2.95. The fourth-order valence-corrected chi connectivity index (χ4v) is 2.80. The first-order valence-electron chi connectivity index (χ1n) is 8.01. The van der Waals surface area contributed by atoms with E-state index in [1.807, 2.05) is 36.4 Å². The third kappa shape index (κ3) is 2.80. The summed E-state index contributed by atoms with van der Waals surface area (Å²) in [5.41, 5.74) is 2.09. The Kier molecular flexibility index (Phi) is 3.61. The summed E-state index contributed by atoms with van der Waals surface area (Å²) in [7, 11) is 0. The second-order valence-corrected chi connectivity index (χ2v) is 6.10. The largest absolute Gasteiger partial charge is 0.507 e. The number of nitrogens with zero attached hydrogens (tertiary/aromatic N) is 2. The second kappa shape index (κ2) is 5.92. The van der Waals surface area contributed by atoms with Gasteiger partial charge in [-0.05, 0) is 35.7 Å². The highest BCUT2D eigenvalue weighted by molar-refractivity contribution is 6.03. The minimum Gasteiger partial charge on any atom is -0.507 e. The van der Waals surface area contributed by atoms with E-state index in [4.69, 9.17) is 0 Å². The molecule has 5 heteroatoms. The zero-order valence-corrected chi connectivity index (χ0v) is 13.1. The third-order valence-corrected chi connectivity index (χ3v) is 4.30. The molecule has 120 valence electrons. The van der Waals surface area contributed by atoms with Crippen LogP contribution in [-0.2, 0) is 0 Å². The molecule has 5 nitrogen and oxygen atoms in total. The van der Waals surface area contributed by atoms with Crippen molar-refractivity contribution in [1.82, 2.24) is 10.2 Å². The van der Waals surface area contributed by atoms with E-state index in [1.54, 1.807) is 12.3 Å². The molecular formula is C19H17N3O2. The molecule has 0 spiro atoms. The van der Waals surface area contributed by atoms with E-state index < -0.39 is 0 Å². The monoisotopic (exact) mass is 319 g/mol. The maximum Gasteiger partial charge on any atom is 0.204 e. The number of nitrogens with one attached hydrogen (secondary N) is 1. The summed E-state index contributed by atoms with van der Waals surface area (Å²) in [5.74, 6) is 0.560. The molecule has 2 aromatic carbocycles. The average Bonchev–Trinajstić information content (AvgIpc) is 3.33. The summed E-state index contributed by atoms with van der Waals surface area (Å²) in [5, 5.41) is 19.0. The molecule has 1 saturated carbocycles. The Balaban J connectivity index is 1.52. The molecule has 24 heavy (non-hydrogen) atoms. The smallest absolute Gasteiger partial charge is 0.204 e. The Labute approximate surface area is 139 Å². The lowest BCUT2D eigenvalue weighted by atomic mass is 10.0. The van der Waals surface area contributed by atoms with Crippen molar-refractivity contribution < 1.29 is 9.90 Å². The van der Waals surface area contributed by atoms with Gasteiger partial charge in [-0.25, -0.2) is 0 Å². The van der Waals surface area contributed by atoms with Gasteiger partial charge in [-0.2, -0.15) is 5.10 Å². The van der Waals surface area contributed by atoms with Crippen molar-refractivity contribution in [3.05, 3.63) is 59.4 Å². The zero-order valence-electron chi connectivity index (χ0n) is 13.1. The molecule has 1 heterocycles. The SMILES string of the molecule is O=C(CN=Cc1c(O)ccc2ccccc12)c1cc(C2CC2)[nH]n1. The number of aromatic amines is 1. The first-order chi connectivity index (χ1) is 11.7. The van der Waals surface area contributed by atoms with Crippen LogP contribution in [0.5, 0.6) is 5.75 Å². The van der Waals surface area contributed by atoms with Crippen molar-refractivity contribution in [1.29, 1.82) is 0 Å². The third-order valence-electron chi connectivity index (χ3n) is 4.30. The summed E-state index contributed by atoms with van der Waals surface area (Å²) in [6.07, 6.45) is 3.88. The number of aromatic hydroxyl groups is 1. The van der Waals surface area contributed by atoms with Crippen molar-refractivity contribution >= 4 is 22.8 Å². The molecule has 0 amide bonds. The normalized spacial score (nSPS) is 14.5. The highest BCUT2D eigenvalue weighted by Crippen LogP contribution is 2.39. The van der Waals surface area contributed by atoms with E-state index in [1.165, 1.54) is 0 Å². The molecule has 0 radical (unpaired) electrons. The van der Waals surface area contributed by atoms with Crippen LogP contribution in [0.15, 0.2) is 47.5 Å². The number of rotatable bonds is 5. The number of aromatic nitrogens is 2. The number of aliphatic imine (C=N–C) groups is 1. The predicted molar refractivity (Wildman–Crippen MR) is 93.0 cm³/mol. The van der Waals surface area contributed by atoms with Crippen LogP contribution >= 0.6 is 0 Å². The lowest BCUT2D eigenvalue weighted by Gasteiger charge is -2.04. The molecule has 0 aliphatic heterocycles. The van der Waals surface area contributed by atoms with Gasteiger partial charge in [0.2, 0.25) is 5.78 Å². The summed E-state index contributed by atoms with van der Waals surface area (Å²) >= 11 is 0. The van der Waals surface area contributed by atoms with Crippen LogP contribution in [0, 0.1) is 0 Å². The van der Waals surface area contributed by atoms with Gasteiger partial charge in [0, 0.05) is 23.4 Å². The average molecular weight is 319 g/mol. The maximum absolute atomic E-state index is 12.2. The van der Waals surface area contributed by atoms with Crippen molar-refractivity contribution in [2.45, 2.75) is 18.8 Å². The number of phenols is 1. The Morgan fingerprint density at radius 1 is 1.29 bits per heavy atom. The Morgan fingerprint density at radius 2 is 2.12 bits per heavy atom. The van der Waals surface area contributed by atoms with E-state index in [0.717, 1.165) is 29.3 Å². The number of ketones is 1. The van der Waals surface area contributed by atoms with Gasteiger partial charge in [0.15, 0.2) is 0 Å². The number of phenolic OH excluding ortho intramolecular Hbond substituents is 1. The molecule has 2 N–H and O–H groups in total. The fourth-order valence-electron chi connectivity index (χ4n) is 2.80. The molecule has 1 aliphatic carbocycles. The van der Waals surface area contributed by atoms with Gasteiger partial charge in [0.05, 0.1) is 0 Å². The summed E-state index contributed by atoms with van der Waals surface area (Å²) < 4.78 is 0. The molecule has 0 unspecified atom stereocenters. The number of hydrogen-bond acceptors (Lipinski definition) is 4. The van der Waals surface area contributed by atoms with Gasteiger partial charge < -0.3 is 5.11 Å². The van der Waals surface area contributed by atoms with Gasteiger partial charge in [-0.15, -0.1) is 0 Å². The number of Topliss-reactive ketones (excluding diaryl/α,β-unsaturated/α-hetero) is 1. The molecule has 1 aliphatic rings. The van der Waals surface area contributed by atoms with Crippen LogP contribution in [0.1, 0.15) is 40.5 Å². The van der Waals surface area contributed by atoms with Gasteiger partial charge in [0.1, 0.15) is 18.0 Å². The van der Waals surface area contributed by atoms with E-state index in [0.29, 0.717) is 17.2 Å². The maximum atomic E-state index is 12.2. The molecule has 0 bridgehead atoms. The molecule has 3 aromatic rings. The number of carbonyl (C=O) groups is 1. The van der Waals surface area contributed by atoms with Gasteiger partial charge in [0.25, 0.3) is 0 Å². The molecule has 0 atom stereocenters. The predicted octanol–water partition coefficient (Wildman–Crippen LogP) is 3.45. The second-order valence-electron chi connectivity index (χ2n) is 6.10. The molecule has 1 fully saturated rings. The molecule has 4 rings (SSSR count). The van der Waals surface area contributed by atoms with Crippen LogP contribution in [-0.4, -0.2) is 33.8 Å². The van der Waals surface area contributed by atoms with E-state index in [9.17, 15) is 9.90 Å². The lowest BCUT2D eigenvalue weighted by molar-refractivity contribution is 0.0997. The number of benzene rings is 2. The van der Waals surface area contributed by atoms with Crippen LogP contribution in [0.3, 0.4) is 0 Å². The highest BCUT2D eigenvalue weighted by Gasteiger charge is 2.26. The first kappa shape index (κ1) is 14.6. The van der Waals surface area contributed by atoms with Crippen molar-refractivity contribution in [3.63, 3.8) is 0 Å². The van der Waals surface area contributed by atoms with Crippen LogP contribution < -0.4 is 0 Å². The van der Waals surface area contributed by atoms with Crippen molar-refractivity contribution in [2.75, 3.05) is 6.54 Å². The highest BCUT2D eigenvalue weighted by atomic mass is 16.3. The summed E-state index contributed by atoms with van der Waals surface area (Å²) in [6.45, 7) is 0.0115. The zero-order chi connectivity index (χ0) is 16.5. The Morgan fingerprint density at radius 3 is 2.96 bits per heavy atom. The van der Waals surface area contributed by atoms with E-state index in [-0.39, 0.29) is 18.1 Å². The van der Waals surface area contributed by atoms with Crippen LogP contribution in [0.2, 0.25) is 0 Å². The van der Waals surface area contributed by atoms with Crippen molar-refractivity contribution in [2.24, 2.45) is 4.99 Å². The topological polar surface area (TPSA) is 78.3 Å². The Bertz CT molecular complexity index is 939. The van der Waals surface area contributed by atoms with Gasteiger partial charge >= 0.3 is 0 Å². The molecular weight excluding hydrogens is 302 g/mol. The minimum absolute atomic E-state index is 0.0115. The summed E-state index contributed by atoms with van der Waals surface area (Å²) in [6, 6.07) is 13.1. The van der Waals surface area contributed by atoms with Crippen molar-refractivity contribution in [3.8, 4) is 5.75 Å². The fraction of sp³-hybridized carbons (Fsp3) is 0.211. The molecule has 1 aromatic heterocycles. The number of carbonyl (C=O) groups excluding carboxylic acids is 1. The first-order valence-corrected chi connectivity index (χ1v) is 8.01. The minimum atomic E-state index is -0.130. The number of fused-ring (bicyclic) bond motifs is 1.